The zero-order valence-corrected chi connectivity index (χ0v) is 10.9. The van der Waals surface area contributed by atoms with Gasteiger partial charge in [-0.25, -0.2) is 0 Å². The second-order valence-electron chi connectivity index (χ2n) is 5.23. The normalized spacial score (nSPS) is 19.2. The maximum Gasteiger partial charge on any atom is 0.0771 e. The fourth-order valence-corrected chi connectivity index (χ4v) is 2.53. The van der Waals surface area contributed by atoms with E-state index in [1.54, 1.807) is 0 Å². The summed E-state index contributed by atoms with van der Waals surface area (Å²) in [6.45, 7) is 1.53. The van der Waals surface area contributed by atoms with Crippen molar-refractivity contribution in [2.45, 2.75) is 37.7 Å². The number of aliphatic hydroxyl groups is 1. The van der Waals surface area contributed by atoms with Gasteiger partial charge in [0.05, 0.1) is 5.60 Å². The minimum absolute atomic E-state index is 0.459. The van der Waals surface area contributed by atoms with Gasteiger partial charge in [-0.3, -0.25) is 0 Å². The van der Waals surface area contributed by atoms with Crippen molar-refractivity contribution >= 4 is 6.08 Å². The standard InChI is InChI=1S/C16H23NO/c18-16(11-5-2-6-12-16)14-17-13-7-10-15-8-3-1-4-9-15/h1,3-4,7-10,17-18H,2,5-6,11-14H2/b10-7+. The maximum absolute atomic E-state index is 10.3. The van der Waals surface area contributed by atoms with Crippen LogP contribution in [0, 0.1) is 0 Å². The number of rotatable bonds is 5. The fourth-order valence-electron chi connectivity index (χ4n) is 2.53. The molecule has 1 aromatic carbocycles. The van der Waals surface area contributed by atoms with Crippen LogP contribution in [0.3, 0.4) is 0 Å². The Kier molecular flexibility index (Phi) is 4.97. The molecule has 1 saturated carbocycles. The van der Waals surface area contributed by atoms with Gasteiger partial charge in [0, 0.05) is 13.1 Å². The van der Waals surface area contributed by atoms with Crippen LogP contribution in [0.1, 0.15) is 37.7 Å². The Hall–Kier alpha value is -1.12. The van der Waals surface area contributed by atoms with E-state index in [9.17, 15) is 5.11 Å². The van der Waals surface area contributed by atoms with Crippen LogP contribution in [0.5, 0.6) is 0 Å². The SMILES string of the molecule is OC1(CNC/C=C/c2ccccc2)CCCCC1. The molecule has 2 rings (SSSR count). The van der Waals surface area contributed by atoms with Gasteiger partial charge >= 0.3 is 0 Å². The highest BCUT2D eigenvalue weighted by Gasteiger charge is 2.28. The van der Waals surface area contributed by atoms with Crippen molar-refractivity contribution in [3.05, 3.63) is 42.0 Å². The number of benzene rings is 1. The number of hydrogen-bond acceptors (Lipinski definition) is 2. The van der Waals surface area contributed by atoms with Crippen molar-refractivity contribution in [3.8, 4) is 0 Å². The molecule has 0 atom stereocenters. The van der Waals surface area contributed by atoms with Crippen LogP contribution in [0.4, 0.5) is 0 Å². The van der Waals surface area contributed by atoms with E-state index in [4.69, 9.17) is 0 Å². The lowest BCUT2D eigenvalue weighted by atomic mass is 9.85. The summed E-state index contributed by atoms with van der Waals surface area (Å²) >= 11 is 0. The highest BCUT2D eigenvalue weighted by molar-refractivity contribution is 5.48. The molecule has 1 aliphatic rings. The molecule has 1 aromatic rings. The van der Waals surface area contributed by atoms with Gasteiger partial charge in [0.1, 0.15) is 0 Å². The van der Waals surface area contributed by atoms with Crippen LogP contribution in [0.15, 0.2) is 36.4 Å². The molecule has 98 valence electrons. The smallest absolute Gasteiger partial charge is 0.0771 e. The molecule has 2 heteroatoms. The average Bonchev–Trinajstić information content (AvgIpc) is 2.40. The Morgan fingerprint density at radius 1 is 1.11 bits per heavy atom. The molecule has 0 aliphatic heterocycles. The highest BCUT2D eigenvalue weighted by Crippen LogP contribution is 2.27. The third-order valence-electron chi connectivity index (χ3n) is 3.61. The Bertz CT molecular complexity index is 366. The molecular weight excluding hydrogens is 222 g/mol. The molecule has 0 heterocycles. The average molecular weight is 245 g/mol. The summed E-state index contributed by atoms with van der Waals surface area (Å²) in [4.78, 5) is 0. The van der Waals surface area contributed by atoms with Crippen LogP contribution < -0.4 is 5.32 Å². The fraction of sp³-hybridized carbons (Fsp3) is 0.500. The molecule has 0 spiro atoms. The molecule has 0 unspecified atom stereocenters. The van der Waals surface area contributed by atoms with Gasteiger partial charge in [-0.2, -0.15) is 0 Å². The topological polar surface area (TPSA) is 32.3 Å². The summed E-state index contributed by atoms with van der Waals surface area (Å²) < 4.78 is 0. The van der Waals surface area contributed by atoms with Crippen LogP contribution in [-0.4, -0.2) is 23.8 Å². The molecule has 0 radical (unpaired) electrons. The summed E-state index contributed by atoms with van der Waals surface area (Å²) in [6.07, 6.45) is 9.72. The van der Waals surface area contributed by atoms with E-state index < -0.39 is 5.60 Å². The molecular formula is C16H23NO. The van der Waals surface area contributed by atoms with Gasteiger partial charge in [-0.15, -0.1) is 0 Å². The van der Waals surface area contributed by atoms with E-state index >= 15 is 0 Å². The molecule has 2 nitrogen and oxygen atoms in total. The molecule has 0 saturated heterocycles. The van der Waals surface area contributed by atoms with Crippen molar-refractivity contribution in [2.75, 3.05) is 13.1 Å². The van der Waals surface area contributed by atoms with Crippen molar-refractivity contribution in [3.63, 3.8) is 0 Å². The zero-order valence-electron chi connectivity index (χ0n) is 10.9. The Balaban J connectivity index is 1.68. The molecule has 0 aromatic heterocycles. The monoisotopic (exact) mass is 245 g/mol. The third-order valence-corrected chi connectivity index (χ3v) is 3.61. The molecule has 0 bridgehead atoms. The van der Waals surface area contributed by atoms with Crippen LogP contribution >= 0.6 is 0 Å². The van der Waals surface area contributed by atoms with E-state index in [1.807, 2.05) is 18.2 Å². The zero-order chi connectivity index (χ0) is 12.7. The van der Waals surface area contributed by atoms with Gasteiger partial charge in [0.2, 0.25) is 0 Å². The second kappa shape index (κ2) is 6.72. The molecule has 1 aliphatic carbocycles. The van der Waals surface area contributed by atoms with Crippen LogP contribution in [-0.2, 0) is 0 Å². The number of nitrogens with one attached hydrogen (secondary N) is 1. The molecule has 0 amide bonds. The summed E-state index contributed by atoms with van der Waals surface area (Å²) in [5.74, 6) is 0. The second-order valence-corrected chi connectivity index (χ2v) is 5.23. The van der Waals surface area contributed by atoms with E-state index in [-0.39, 0.29) is 0 Å². The van der Waals surface area contributed by atoms with Gasteiger partial charge in [0.25, 0.3) is 0 Å². The van der Waals surface area contributed by atoms with Gasteiger partial charge < -0.3 is 10.4 Å². The van der Waals surface area contributed by atoms with Crippen molar-refractivity contribution in [1.29, 1.82) is 0 Å². The predicted molar refractivity (Wildman–Crippen MR) is 76.4 cm³/mol. The van der Waals surface area contributed by atoms with Gasteiger partial charge in [0.15, 0.2) is 0 Å². The van der Waals surface area contributed by atoms with Crippen LogP contribution in [0.25, 0.3) is 6.08 Å². The van der Waals surface area contributed by atoms with Crippen molar-refractivity contribution < 1.29 is 5.11 Å². The lowest BCUT2D eigenvalue weighted by Gasteiger charge is -2.32. The largest absolute Gasteiger partial charge is 0.389 e. The maximum atomic E-state index is 10.3. The highest BCUT2D eigenvalue weighted by atomic mass is 16.3. The van der Waals surface area contributed by atoms with E-state index in [2.05, 4.69) is 29.6 Å². The Morgan fingerprint density at radius 3 is 2.56 bits per heavy atom. The first-order chi connectivity index (χ1) is 8.79. The number of hydrogen-bond donors (Lipinski definition) is 2. The molecule has 2 N–H and O–H groups in total. The first-order valence-corrected chi connectivity index (χ1v) is 6.93. The van der Waals surface area contributed by atoms with Crippen molar-refractivity contribution in [1.82, 2.24) is 5.32 Å². The predicted octanol–water partition coefficient (Wildman–Crippen LogP) is 2.98. The van der Waals surface area contributed by atoms with E-state index in [1.165, 1.54) is 12.0 Å². The van der Waals surface area contributed by atoms with E-state index in [0.717, 1.165) is 32.2 Å². The van der Waals surface area contributed by atoms with E-state index in [0.29, 0.717) is 6.54 Å². The first-order valence-electron chi connectivity index (χ1n) is 6.93. The quantitative estimate of drug-likeness (QED) is 0.782. The summed E-state index contributed by atoms with van der Waals surface area (Å²) in [7, 11) is 0. The summed E-state index contributed by atoms with van der Waals surface area (Å²) in [5.41, 5.74) is 0.759. The minimum atomic E-state index is -0.459. The molecule has 1 fully saturated rings. The molecule has 18 heavy (non-hydrogen) atoms. The lowest BCUT2D eigenvalue weighted by molar-refractivity contribution is 0.00576. The minimum Gasteiger partial charge on any atom is -0.389 e. The summed E-state index contributed by atoms with van der Waals surface area (Å²) in [5, 5.41) is 13.6. The van der Waals surface area contributed by atoms with Gasteiger partial charge in [-0.1, -0.05) is 61.7 Å². The third kappa shape index (κ3) is 4.28. The Labute approximate surface area is 110 Å². The van der Waals surface area contributed by atoms with Crippen molar-refractivity contribution in [2.24, 2.45) is 0 Å². The van der Waals surface area contributed by atoms with Crippen LogP contribution in [0.2, 0.25) is 0 Å². The Morgan fingerprint density at radius 2 is 1.83 bits per heavy atom. The summed E-state index contributed by atoms with van der Waals surface area (Å²) in [6, 6.07) is 10.3. The first kappa shape index (κ1) is 13.3. The van der Waals surface area contributed by atoms with Gasteiger partial charge in [-0.05, 0) is 18.4 Å². The lowest BCUT2D eigenvalue weighted by Crippen LogP contribution is -2.42.